The molecule has 0 fully saturated rings. The Morgan fingerprint density at radius 2 is 2.00 bits per heavy atom. The van der Waals surface area contributed by atoms with Gasteiger partial charge in [-0.1, -0.05) is 0 Å². The number of hydrogen-bond acceptors (Lipinski definition) is 4. The van der Waals surface area contributed by atoms with Crippen LogP contribution in [0, 0.1) is 9.52 Å². The van der Waals surface area contributed by atoms with Crippen molar-refractivity contribution in [2.45, 2.75) is 26.4 Å². The Hall–Kier alpha value is -1.97. The summed E-state index contributed by atoms with van der Waals surface area (Å²) >= 11 is 1.98. The van der Waals surface area contributed by atoms with Crippen molar-refractivity contribution in [2.75, 3.05) is 0 Å². The first-order valence-corrected chi connectivity index (χ1v) is 8.34. The zero-order valence-electron chi connectivity index (χ0n) is 13.7. The van der Waals surface area contributed by atoms with E-state index < -0.39 is 17.5 Å². The number of ether oxygens (including phenoxy) is 1. The summed E-state index contributed by atoms with van der Waals surface area (Å²) in [5.74, 6) is -0.535. The molecule has 0 saturated carbocycles. The van der Waals surface area contributed by atoms with Crippen LogP contribution in [0.5, 0.6) is 0 Å². The van der Waals surface area contributed by atoms with Gasteiger partial charge in [-0.25, -0.2) is 9.18 Å². The van der Waals surface area contributed by atoms with Crippen molar-refractivity contribution in [2.24, 2.45) is 7.05 Å². The molecule has 3 aromatic rings. The number of carbonyl (C=O) groups is 1. The summed E-state index contributed by atoms with van der Waals surface area (Å²) in [6.45, 7) is 5.25. The third kappa shape index (κ3) is 3.14. The number of carbonyl (C=O) groups excluding carboxylic acids is 1. The van der Waals surface area contributed by atoms with Crippen LogP contribution in [0.15, 0.2) is 24.5 Å². The van der Waals surface area contributed by atoms with Gasteiger partial charge < -0.3 is 4.74 Å². The van der Waals surface area contributed by atoms with Crippen LogP contribution in [0.4, 0.5) is 9.18 Å². The molecule has 0 spiro atoms. The molecule has 0 aliphatic rings. The average Bonchev–Trinajstić information content (AvgIpc) is 3.02. The van der Waals surface area contributed by atoms with Gasteiger partial charge in [-0.15, -0.1) is 0 Å². The molecule has 0 unspecified atom stereocenters. The van der Waals surface area contributed by atoms with Crippen LogP contribution in [-0.4, -0.2) is 31.3 Å². The minimum absolute atomic E-state index is 0.112. The molecule has 126 valence electrons. The van der Waals surface area contributed by atoms with Crippen molar-refractivity contribution in [1.82, 2.24) is 19.6 Å². The predicted octanol–water partition coefficient (Wildman–Crippen LogP) is 3.96. The van der Waals surface area contributed by atoms with Crippen molar-refractivity contribution < 1.29 is 13.9 Å². The fraction of sp³-hybridized carbons (Fsp3) is 0.312. The highest BCUT2D eigenvalue weighted by Gasteiger charge is 2.24. The molecule has 0 aliphatic heterocycles. The molecule has 0 bridgehead atoms. The third-order valence-corrected chi connectivity index (χ3v) is 4.09. The van der Waals surface area contributed by atoms with Gasteiger partial charge >= 0.3 is 6.09 Å². The summed E-state index contributed by atoms with van der Waals surface area (Å²) in [7, 11) is 1.79. The van der Waals surface area contributed by atoms with Gasteiger partial charge in [0.25, 0.3) is 0 Å². The minimum Gasteiger partial charge on any atom is -0.442 e. The van der Waals surface area contributed by atoms with Gasteiger partial charge in [0.15, 0.2) is 0 Å². The minimum atomic E-state index is -0.705. The van der Waals surface area contributed by atoms with Crippen molar-refractivity contribution in [3.63, 3.8) is 0 Å². The molecular formula is C16H16FIN4O2. The molecule has 0 aliphatic carbocycles. The number of fused-ring (bicyclic) bond motifs is 1. The highest BCUT2D eigenvalue weighted by Crippen LogP contribution is 2.30. The standard InChI is InChI=1S/C16H16FIN4O2/c1-16(2,3)24-15(23)22-13-11(14(18)20-22)5-9(6-12(13)17)10-7-19-21(4)8-10/h5-8H,1-4H3. The molecule has 2 heterocycles. The van der Waals surface area contributed by atoms with E-state index >= 15 is 0 Å². The first kappa shape index (κ1) is 16.9. The highest BCUT2D eigenvalue weighted by atomic mass is 127. The fourth-order valence-electron chi connectivity index (χ4n) is 2.34. The van der Waals surface area contributed by atoms with Crippen LogP contribution in [-0.2, 0) is 11.8 Å². The Labute approximate surface area is 151 Å². The monoisotopic (exact) mass is 442 g/mol. The van der Waals surface area contributed by atoms with Gasteiger partial charge in [-0.05, 0) is 61.1 Å². The van der Waals surface area contributed by atoms with Gasteiger partial charge in [-0.2, -0.15) is 14.9 Å². The van der Waals surface area contributed by atoms with Gasteiger partial charge in [0, 0.05) is 24.2 Å². The molecule has 0 amide bonds. The van der Waals surface area contributed by atoms with Crippen LogP contribution >= 0.6 is 22.6 Å². The summed E-state index contributed by atoms with van der Waals surface area (Å²) in [6.07, 6.45) is 2.75. The van der Waals surface area contributed by atoms with Crippen LogP contribution < -0.4 is 0 Å². The van der Waals surface area contributed by atoms with E-state index in [9.17, 15) is 9.18 Å². The molecule has 8 heteroatoms. The van der Waals surface area contributed by atoms with E-state index in [2.05, 4.69) is 10.2 Å². The molecule has 0 atom stereocenters. The second-order valence-electron chi connectivity index (χ2n) is 6.44. The first-order chi connectivity index (χ1) is 11.2. The zero-order chi connectivity index (χ0) is 17.6. The van der Waals surface area contributed by atoms with Crippen LogP contribution in [0.2, 0.25) is 0 Å². The van der Waals surface area contributed by atoms with E-state index in [4.69, 9.17) is 4.74 Å². The molecule has 0 radical (unpaired) electrons. The van der Waals surface area contributed by atoms with Crippen LogP contribution in [0.1, 0.15) is 20.8 Å². The molecule has 1 aromatic carbocycles. The van der Waals surface area contributed by atoms with Gasteiger partial charge in [0.05, 0.1) is 6.20 Å². The summed E-state index contributed by atoms with van der Waals surface area (Å²) in [5.41, 5.74) is 0.891. The van der Waals surface area contributed by atoms with Gasteiger partial charge in [-0.3, -0.25) is 4.68 Å². The predicted molar refractivity (Wildman–Crippen MR) is 96.2 cm³/mol. The first-order valence-electron chi connectivity index (χ1n) is 7.26. The molecule has 6 nitrogen and oxygen atoms in total. The Balaban J connectivity index is 2.14. The van der Waals surface area contributed by atoms with Gasteiger partial charge in [0.1, 0.15) is 20.6 Å². The molecule has 0 saturated heterocycles. The summed E-state index contributed by atoms with van der Waals surface area (Å²) < 4.78 is 23.2. The second kappa shape index (κ2) is 5.83. The lowest BCUT2D eigenvalue weighted by atomic mass is 10.1. The fourth-order valence-corrected chi connectivity index (χ4v) is 2.96. The number of rotatable bonds is 1. The largest absolute Gasteiger partial charge is 0.442 e. The van der Waals surface area contributed by atoms with E-state index in [0.717, 1.165) is 10.2 Å². The number of hydrogen-bond donors (Lipinski definition) is 0. The number of halogens is 2. The Kier molecular flexibility index (Phi) is 4.10. The Bertz CT molecular complexity index is 940. The van der Waals surface area contributed by atoms with Crippen LogP contribution in [0.25, 0.3) is 22.0 Å². The normalized spacial score (nSPS) is 11.9. The molecule has 2 aromatic heterocycles. The summed E-state index contributed by atoms with van der Waals surface area (Å²) in [4.78, 5) is 12.3. The highest BCUT2D eigenvalue weighted by molar-refractivity contribution is 14.1. The molecule has 24 heavy (non-hydrogen) atoms. The smallest absolute Gasteiger partial charge is 0.435 e. The number of benzene rings is 1. The lowest BCUT2D eigenvalue weighted by Crippen LogP contribution is -2.28. The Morgan fingerprint density at radius 1 is 1.29 bits per heavy atom. The van der Waals surface area contributed by atoms with Crippen molar-refractivity contribution in [3.05, 3.63) is 34.0 Å². The maximum atomic E-state index is 14.7. The number of nitrogens with zero attached hydrogens (tertiary/aromatic N) is 4. The quantitative estimate of drug-likeness (QED) is 0.536. The molecule has 0 N–H and O–H groups in total. The Morgan fingerprint density at radius 3 is 2.58 bits per heavy atom. The summed E-state index contributed by atoms with van der Waals surface area (Å²) in [6, 6.07) is 3.17. The van der Waals surface area contributed by atoms with Crippen molar-refractivity contribution >= 4 is 39.6 Å². The van der Waals surface area contributed by atoms with E-state index in [-0.39, 0.29) is 5.52 Å². The lowest BCUT2D eigenvalue weighted by Gasteiger charge is -2.19. The lowest BCUT2D eigenvalue weighted by molar-refractivity contribution is 0.0521. The number of aryl methyl sites for hydroxylation is 1. The van der Waals surface area contributed by atoms with E-state index in [1.54, 1.807) is 51.0 Å². The average molecular weight is 442 g/mol. The van der Waals surface area contributed by atoms with Crippen molar-refractivity contribution in [3.8, 4) is 11.1 Å². The van der Waals surface area contributed by atoms with Crippen molar-refractivity contribution in [1.29, 1.82) is 0 Å². The SMILES string of the molecule is Cn1cc(-c2cc(F)c3c(c2)c(I)nn3C(=O)OC(C)(C)C)cn1. The molecule has 3 rings (SSSR count). The topological polar surface area (TPSA) is 61.9 Å². The maximum absolute atomic E-state index is 14.7. The van der Waals surface area contributed by atoms with Gasteiger partial charge in [0.2, 0.25) is 0 Å². The zero-order valence-corrected chi connectivity index (χ0v) is 15.8. The third-order valence-electron chi connectivity index (χ3n) is 3.29. The van der Waals surface area contributed by atoms with E-state index in [1.165, 1.54) is 6.07 Å². The van der Waals surface area contributed by atoms with E-state index in [1.807, 2.05) is 22.6 Å². The van der Waals surface area contributed by atoms with E-state index in [0.29, 0.717) is 14.7 Å². The number of aromatic nitrogens is 4. The maximum Gasteiger partial charge on any atom is 0.435 e. The second-order valence-corrected chi connectivity index (χ2v) is 7.46. The molecular weight excluding hydrogens is 426 g/mol. The summed E-state index contributed by atoms with van der Waals surface area (Å²) in [5, 5.41) is 8.79. The van der Waals surface area contributed by atoms with Crippen LogP contribution in [0.3, 0.4) is 0 Å².